The monoisotopic (exact) mass is 897 g/mol. The molecule has 1 fully saturated rings. The highest BCUT2D eigenvalue weighted by Gasteiger charge is 2.44. The first-order chi connectivity index (χ1) is 31.4. The summed E-state index contributed by atoms with van der Waals surface area (Å²) < 4.78 is 22.8. The molecular weight excluding hydrogens is 805 g/mol. The molecule has 1 aliphatic heterocycles. The van der Waals surface area contributed by atoms with E-state index in [2.05, 4.69) is 111 Å². The van der Waals surface area contributed by atoms with Crippen LogP contribution in [0.5, 0.6) is 0 Å². The Labute approximate surface area is 390 Å². The largest absolute Gasteiger partial charge is 0.457 e. The Morgan fingerprint density at radius 1 is 0.516 bits per heavy atom. The van der Waals surface area contributed by atoms with Crippen molar-refractivity contribution in [2.75, 3.05) is 26.4 Å². The molecule has 0 aliphatic carbocycles. The van der Waals surface area contributed by atoms with Crippen molar-refractivity contribution in [1.82, 2.24) is 0 Å². The summed E-state index contributed by atoms with van der Waals surface area (Å²) in [7, 11) is 0. The Bertz CT molecular complexity index is 1300. The molecule has 1 heterocycles. The van der Waals surface area contributed by atoms with Gasteiger partial charge in [-0.05, 0) is 96.3 Å². The summed E-state index contributed by atoms with van der Waals surface area (Å²) in [6.45, 7) is 4.35. The maximum atomic E-state index is 12.8. The van der Waals surface area contributed by atoms with Crippen molar-refractivity contribution in [3.8, 4) is 0 Å². The minimum atomic E-state index is -1.55. The van der Waals surface area contributed by atoms with Crippen LogP contribution in [0.1, 0.15) is 181 Å². The van der Waals surface area contributed by atoms with E-state index in [1.54, 1.807) is 0 Å². The van der Waals surface area contributed by atoms with E-state index in [-0.39, 0.29) is 25.6 Å². The Kier molecular flexibility index (Phi) is 41.8. The molecule has 1 saturated heterocycles. The van der Waals surface area contributed by atoms with Gasteiger partial charge in [0, 0.05) is 13.0 Å². The molecule has 1 rings (SSSR count). The third kappa shape index (κ3) is 35.4. The lowest BCUT2D eigenvalue weighted by Crippen LogP contribution is -2.59. The van der Waals surface area contributed by atoms with Crippen LogP contribution in [-0.2, 0) is 23.7 Å². The zero-order valence-electron chi connectivity index (χ0n) is 40.2. The van der Waals surface area contributed by atoms with Gasteiger partial charge in [-0.1, -0.05) is 175 Å². The van der Waals surface area contributed by atoms with Crippen molar-refractivity contribution >= 4 is 5.97 Å². The summed E-state index contributed by atoms with van der Waals surface area (Å²) in [5, 5.41) is 40.2. The number of carbonyl (C=O) groups excluding carboxylic acids is 1. The molecule has 366 valence electrons. The van der Waals surface area contributed by atoms with Crippen molar-refractivity contribution in [2.45, 2.75) is 218 Å². The van der Waals surface area contributed by atoms with Gasteiger partial charge in [0.25, 0.3) is 0 Å². The summed E-state index contributed by atoms with van der Waals surface area (Å²) in [6, 6.07) is 0. The van der Waals surface area contributed by atoms with Gasteiger partial charge in [0.2, 0.25) is 0 Å². The van der Waals surface area contributed by atoms with Crippen LogP contribution in [0, 0.1) is 0 Å². The lowest BCUT2D eigenvalue weighted by atomic mass is 9.99. The molecule has 1 aliphatic rings. The second-order valence-corrected chi connectivity index (χ2v) is 16.9. The predicted molar refractivity (Wildman–Crippen MR) is 265 cm³/mol. The quantitative estimate of drug-likeness (QED) is 0.0268. The first-order valence-electron chi connectivity index (χ1n) is 25.3. The zero-order valence-corrected chi connectivity index (χ0v) is 40.2. The van der Waals surface area contributed by atoms with E-state index >= 15 is 0 Å². The minimum Gasteiger partial charge on any atom is -0.457 e. The van der Waals surface area contributed by atoms with E-state index in [0.717, 1.165) is 70.6 Å². The van der Waals surface area contributed by atoms with E-state index in [1.165, 1.54) is 83.5 Å². The fraction of sp³-hybridized carbons (Fsp3) is 0.691. The maximum Gasteiger partial charge on any atom is 0.306 e. The molecule has 64 heavy (non-hydrogen) atoms. The number of aliphatic hydroxyl groups is 4. The molecule has 0 radical (unpaired) electrons. The Morgan fingerprint density at radius 3 is 1.44 bits per heavy atom. The molecule has 6 unspecified atom stereocenters. The summed E-state index contributed by atoms with van der Waals surface area (Å²) in [5.74, 6) is -0.359. The normalized spacial score (nSPS) is 20.4. The number of aliphatic hydroxyl groups excluding tert-OH is 4. The van der Waals surface area contributed by atoms with Crippen LogP contribution in [-0.4, -0.2) is 89.6 Å². The standard InChI is InChI=1S/C55H92O9/c1-3-5-7-9-11-13-15-17-19-21-23-25-26-28-30-32-34-36-38-40-42-44-51(57)63-49(48-62-55-54(60)53(59)52(58)50(46-56)64-55)47-61-45-43-41-39-37-35-33-31-29-27-24-22-20-18-16-14-12-10-8-6-4-2/h5,7,11-14,17-20,23,25,28,30,34,36,49-50,52-56,58-60H,3-4,6,8-10,15-16,21-22,24,26-27,29,31-33,35,37-48H2,1-2H3/b7-5-,13-11-,14-12-,19-17-,20-18-,25-23-,30-28-,36-34-. The summed E-state index contributed by atoms with van der Waals surface area (Å²) in [6.07, 6.45) is 55.8. The second kappa shape index (κ2) is 45.3. The van der Waals surface area contributed by atoms with Crippen LogP contribution < -0.4 is 0 Å². The van der Waals surface area contributed by atoms with Gasteiger partial charge in [0.05, 0.1) is 19.8 Å². The van der Waals surface area contributed by atoms with Crippen molar-refractivity contribution in [2.24, 2.45) is 0 Å². The van der Waals surface area contributed by atoms with Crippen LogP contribution in [0.25, 0.3) is 0 Å². The average Bonchev–Trinajstić information content (AvgIpc) is 3.30. The van der Waals surface area contributed by atoms with Gasteiger partial charge in [-0.15, -0.1) is 0 Å². The third-order valence-corrected chi connectivity index (χ3v) is 11.0. The highest BCUT2D eigenvalue weighted by atomic mass is 16.7. The second-order valence-electron chi connectivity index (χ2n) is 16.9. The predicted octanol–water partition coefficient (Wildman–Crippen LogP) is 12.4. The smallest absolute Gasteiger partial charge is 0.306 e. The molecule has 0 aromatic rings. The lowest BCUT2D eigenvalue weighted by Gasteiger charge is -2.39. The topological polar surface area (TPSA) is 135 Å². The Morgan fingerprint density at radius 2 is 0.953 bits per heavy atom. The maximum absolute atomic E-state index is 12.8. The SMILES string of the molecule is CC/C=C\C/C=C\C/C=C\C/C=C\C/C=C\C/C=C\CCCCC(=O)OC(COCCCCCCCCCCCC/C=C\C/C=C\CCCCC)COC1OC(CO)C(O)C(O)C1O. The van der Waals surface area contributed by atoms with Gasteiger partial charge in [0.15, 0.2) is 6.29 Å². The third-order valence-electron chi connectivity index (χ3n) is 11.0. The number of unbranched alkanes of at least 4 members (excludes halogenated alkanes) is 15. The molecule has 9 nitrogen and oxygen atoms in total. The molecule has 9 heteroatoms. The number of carbonyl (C=O) groups is 1. The van der Waals surface area contributed by atoms with E-state index in [9.17, 15) is 25.2 Å². The summed E-state index contributed by atoms with van der Waals surface area (Å²) in [4.78, 5) is 12.8. The number of esters is 1. The van der Waals surface area contributed by atoms with Crippen LogP contribution in [0.2, 0.25) is 0 Å². The van der Waals surface area contributed by atoms with Gasteiger partial charge in [-0.25, -0.2) is 0 Å². The summed E-state index contributed by atoms with van der Waals surface area (Å²) in [5.41, 5.74) is 0. The Balaban J connectivity index is 2.27. The highest BCUT2D eigenvalue weighted by Crippen LogP contribution is 2.22. The fourth-order valence-corrected chi connectivity index (χ4v) is 7.05. The highest BCUT2D eigenvalue weighted by molar-refractivity contribution is 5.69. The molecule has 0 bridgehead atoms. The molecule has 6 atom stereocenters. The van der Waals surface area contributed by atoms with E-state index in [1.807, 2.05) is 0 Å². The first kappa shape index (κ1) is 59.1. The van der Waals surface area contributed by atoms with Gasteiger partial charge < -0.3 is 39.4 Å². The van der Waals surface area contributed by atoms with Crippen LogP contribution in [0.4, 0.5) is 0 Å². The van der Waals surface area contributed by atoms with E-state index < -0.39 is 43.4 Å². The van der Waals surface area contributed by atoms with Crippen LogP contribution in [0.3, 0.4) is 0 Å². The lowest BCUT2D eigenvalue weighted by molar-refractivity contribution is -0.305. The van der Waals surface area contributed by atoms with E-state index in [0.29, 0.717) is 13.0 Å². The number of allylic oxidation sites excluding steroid dienone is 16. The van der Waals surface area contributed by atoms with Crippen LogP contribution in [0.15, 0.2) is 97.2 Å². The first-order valence-corrected chi connectivity index (χ1v) is 25.3. The van der Waals surface area contributed by atoms with Gasteiger partial charge in [-0.3, -0.25) is 4.79 Å². The van der Waals surface area contributed by atoms with Crippen LogP contribution >= 0.6 is 0 Å². The molecule has 4 N–H and O–H groups in total. The van der Waals surface area contributed by atoms with Crippen molar-refractivity contribution < 1.29 is 44.2 Å². The van der Waals surface area contributed by atoms with Crippen molar-refractivity contribution in [1.29, 1.82) is 0 Å². The average molecular weight is 897 g/mol. The van der Waals surface area contributed by atoms with E-state index in [4.69, 9.17) is 18.9 Å². The molecule has 0 amide bonds. The zero-order chi connectivity index (χ0) is 46.4. The number of rotatable bonds is 42. The molecule has 0 aromatic carbocycles. The number of hydrogen-bond acceptors (Lipinski definition) is 9. The Hall–Kier alpha value is -2.89. The van der Waals surface area contributed by atoms with Gasteiger partial charge in [0.1, 0.15) is 30.5 Å². The van der Waals surface area contributed by atoms with Gasteiger partial charge >= 0.3 is 5.97 Å². The molecule has 0 aromatic heterocycles. The molecule has 0 spiro atoms. The molecule has 0 saturated carbocycles. The molecular formula is C55H92O9. The fourth-order valence-electron chi connectivity index (χ4n) is 7.05. The minimum absolute atomic E-state index is 0.119. The van der Waals surface area contributed by atoms with Crippen molar-refractivity contribution in [3.05, 3.63) is 97.2 Å². The summed E-state index contributed by atoms with van der Waals surface area (Å²) >= 11 is 0. The number of ether oxygens (including phenoxy) is 4. The van der Waals surface area contributed by atoms with Crippen molar-refractivity contribution in [3.63, 3.8) is 0 Å². The number of hydrogen-bond donors (Lipinski definition) is 4. The van der Waals surface area contributed by atoms with Gasteiger partial charge in [-0.2, -0.15) is 0 Å².